The molecule has 374 valence electrons. The minimum atomic E-state index is -2.78. The molecule has 3 aromatic carbocycles. The van der Waals surface area contributed by atoms with E-state index in [0.29, 0.717) is 73.1 Å². The number of anilines is 6. The molecule has 2 unspecified atom stereocenters. The van der Waals surface area contributed by atoms with Crippen LogP contribution in [0, 0.1) is 5.92 Å². The zero-order valence-electron chi connectivity index (χ0n) is 40.9. The number of amides is 3. The highest BCUT2D eigenvalue weighted by Crippen LogP contribution is 2.43. The van der Waals surface area contributed by atoms with Gasteiger partial charge in [-0.25, -0.2) is 4.98 Å². The minimum Gasteiger partial charge on any atom is -0.494 e. The van der Waals surface area contributed by atoms with Gasteiger partial charge in [-0.15, -0.1) is 0 Å². The average molecular weight is 1050 g/mol. The van der Waals surface area contributed by atoms with Crippen LogP contribution >= 0.6 is 23.1 Å². The molecule has 5 aromatic rings. The van der Waals surface area contributed by atoms with Crippen LogP contribution in [-0.2, 0) is 15.8 Å². The van der Waals surface area contributed by atoms with E-state index < -0.39 is 31.2 Å². The SMILES string of the molecule is CCc1cc(Nc2ncc(Br)c(Nc3ccc4nccnc4c3P(C)(C)=O)n2)c(OC)cc1N1CCC(N2CCN(CC3CC(N(C)c4ccc5c(c4)C(=O)N(C4CCC(=O)NC4O)C5=O)C3)CC2)CC1. The average Bonchev–Trinajstić information content (AvgIpc) is 3.60. The molecule has 4 aliphatic heterocycles. The molecule has 20 heteroatoms. The molecule has 3 amide bonds. The van der Waals surface area contributed by atoms with Crippen molar-refractivity contribution in [1.29, 1.82) is 0 Å². The highest BCUT2D eigenvalue weighted by Gasteiger charge is 2.45. The second kappa shape index (κ2) is 20.1. The molecular formula is C51H62BrN12O6P. The molecule has 1 aliphatic carbocycles. The first-order valence-electron chi connectivity index (χ1n) is 24.7. The summed E-state index contributed by atoms with van der Waals surface area (Å²) in [7, 11) is 0.968. The number of fused-ring (bicyclic) bond motifs is 2. The van der Waals surface area contributed by atoms with E-state index >= 15 is 0 Å². The van der Waals surface area contributed by atoms with Crippen molar-refractivity contribution in [2.24, 2.45) is 5.92 Å². The summed E-state index contributed by atoms with van der Waals surface area (Å²) < 4.78 is 20.2. The van der Waals surface area contributed by atoms with Crippen LogP contribution in [-0.4, -0.2) is 155 Å². The molecule has 0 spiro atoms. The fraction of sp³-hybridized carbons (Fsp3) is 0.471. The van der Waals surface area contributed by atoms with E-state index in [1.54, 1.807) is 45.1 Å². The Labute approximate surface area is 422 Å². The van der Waals surface area contributed by atoms with Gasteiger partial charge in [-0.2, -0.15) is 4.98 Å². The third-order valence-electron chi connectivity index (χ3n) is 15.2. The number of imide groups is 1. The molecular weight excluding hydrogens is 988 g/mol. The molecule has 71 heavy (non-hydrogen) atoms. The van der Waals surface area contributed by atoms with Crippen LogP contribution in [0.5, 0.6) is 5.75 Å². The van der Waals surface area contributed by atoms with Gasteiger partial charge in [0.1, 0.15) is 30.5 Å². The number of carbonyl (C=O) groups is 3. The van der Waals surface area contributed by atoms with Gasteiger partial charge in [0.05, 0.1) is 50.9 Å². The van der Waals surface area contributed by atoms with E-state index in [1.165, 1.54) is 11.3 Å². The molecule has 2 atom stereocenters. The second-order valence-corrected chi connectivity index (χ2v) is 23.9. The number of ether oxygens (including phenoxy) is 1. The van der Waals surface area contributed by atoms with Crippen molar-refractivity contribution in [2.45, 2.75) is 76.2 Å². The number of aromatic nitrogens is 4. The fourth-order valence-corrected chi connectivity index (χ4v) is 12.9. The van der Waals surface area contributed by atoms with Crippen molar-refractivity contribution in [1.82, 2.24) is 40.0 Å². The maximum Gasteiger partial charge on any atom is 0.262 e. The number of piperazine rings is 1. The highest BCUT2D eigenvalue weighted by atomic mass is 79.9. The topological polar surface area (TPSA) is 202 Å². The predicted octanol–water partition coefficient (Wildman–Crippen LogP) is 6.18. The van der Waals surface area contributed by atoms with E-state index in [1.807, 2.05) is 24.3 Å². The number of hydrogen-bond acceptors (Lipinski definition) is 16. The molecule has 3 saturated heterocycles. The number of halogens is 1. The van der Waals surface area contributed by atoms with Gasteiger partial charge >= 0.3 is 0 Å². The first kappa shape index (κ1) is 48.9. The summed E-state index contributed by atoms with van der Waals surface area (Å²) in [6.07, 6.45) is 9.24. The minimum absolute atomic E-state index is 0.155. The lowest BCUT2D eigenvalue weighted by Crippen LogP contribution is -2.57. The highest BCUT2D eigenvalue weighted by molar-refractivity contribution is 9.10. The second-order valence-electron chi connectivity index (χ2n) is 19.9. The lowest BCUT2D eigenvalue weighted by Gasteiger charge is -2.47. The van der Waals surface area contributed by atoms with Crippen LogP contribution in [0.1, 0.15) is 71.7 Å². The van der Waals surface area contributed by atoms with E-state index in [2.05, 4.69) is 92.5 Å². The number of aliphatic hydroxyl groups is 1. The van der Waals surface area contributed by atoms with Gasteiger partial charge in [-0.3, -0.25) is 34.2 Å². The molecule has 10 rings (SSSR count). The van der Waals surface area contributed by atoms with E-state index in [4.69, 9.17) is 9.72 Å². The molecule has 4 fully saturated rings. The van der Waals surface area contributed by atoms with E-state index in [0.717, 1.165) is 94.2 Å². The first-order chi connectivity index (χ1) is 34.2. The predicted molar refractivity (Wildman–Crippen MR) is 280 cm³/mol. The van der Waals surface area contributed by atoms with Crippen molar-refractivity contribution in [3.63, 3.8) is 0 Å². The molecule has 1 saturated carbocycles. The van der Waals surface area contributed by atoms with Gasteiger partial charge < -0.3 is 45.1 Å². The van der Waals surface area contributed by atoms with Crippen molar-refractivity contribution in [3.05, 3.63) is 82.2 Å². The van der Waals surface area contributed by atoms with Crippen LogP contribution in [0.2, 0.25) is 0 Å². The summed E-state index contributed by atoms with van der Waals surface area (Å²) in [6, 6.07) is 13.6. The molecule has 0 bridgehead atoms. The maximum absolute atomic E-state index is 13.6. The Balaban J connectivity index is 0.705. The molecule has 2 aromatic heterocycles. The Bertz CT molecular complexity index is 2920. The summed E-state index contributed by atoms with van der Waals surface area (Å²) in [5, 5.41) is 20.3. The van der Waals surface area contributed by atoms with Crippen molar-refractivity contribution >= 4 is 91.6 Å². The lowest BCUT2D eigenvalue weighted by molar-refractivity contribution is -0.129. The van der Waals surface area contributed by atoms with Crippen LogP contribution in [0.4, 0.5) is 34.5 Å². The normalized spacial score (nSPS) is 22.3. The number of carbonyl (C=O) groups excluding carboxylic acids is 3. The molecule has 18 nitrogen and oxygen atoms in total. The number of nitrogens with zero attached hydrogens (tertiary/aromatic N) is 9. The summed E-state index contributed by atoms with van der Waals surface area (Å²) in [4.78, 5) is 68.0. The van der Waals surface area contributed by atoms with Crippen LogP contribution in [0.15, 0.2) is 65.5 Å². The third-order valence-corrected chi connectivity index (χ3v) is 17.3. The first-order valence-corrected chi connectivity index (χ1v) is 28.1. The zero-order chi connectivity index (χ0) is 49.7. The molecule has 6 heterocycles. The number of benzene rings is 3. The summed E-state index contributed by atoms with van der Waals surface area (Å²) >= 11 is 3.61. The number of rotatable bonds is 14. The number of nitrogens with one attached hydrogen (secondary N) is 3. The molecule has 5 aliphatic rings. The standard InChI is InChI=1S/C51H62BrN12O6P/c1-6-31-25-40(57-51-55-28-37(52)47(59-51)56-39-10-9-38-45(54-16-15-53-38)46(39)71(4,5)69)43(70-3)27-42(31)63-17-13-32(14-18-63)62-21-19-61(20-22-62)29-30-23-34(24-30)60(2)33-7-8-35-36(26-33)50(68)64(49(35)67)41-11-12-44(65)58-48(41)66/h7-10,15-16,25-28,30,32,34,41,48,66H,6,11-14,17-24,29H2,1-5H3,(H,58,65)(H2,55,56,57,59). The van der Waals surface area contributed by atoms with E-state index in [9.17, 15) is 24.1 Å². The quantitative estimate of drug-likeness (QED) is 0.0725. The third kappa shape index (κ3) is 9.83. The Morgan fingerprint density at radius 2 is 1.65 bits per heavy atom. The Morgan fingerprint density at radius 3 is 2.37 bits per heavy atom. The van der Waals surface area contributed by atoms with Crippen molar-refractivity contribution in [3.8, 4) is 5.75 Å². The number of aryl methyl sites for hydroxylation is 1. The lowest BCUT2D eigenvalue weighted by atomic mass is 9.78. The van der Waals surface area contributed by atoms with Gasteiger partial charge in [-0.05, 0) is 116 Å². The largest absolute Gasteiger partial charge is 0.494 e. The number of hydrogen-bond donors (Lipinski definition) is 4. The van der Waals surface area contributed by atoms with E-state index in [-0.39, 0.29) is 18.7 Å². The van der Waals surface area contributed by atoms with Gasteiger partial charge in [0, 0.05) is 107 Å². The summed E-state index contributed by atoms with van der Waals surface area (Å²) in [5.41, 5.74) is 6.68. The fourth-order valence-electron chi connectivity index (χ4n) is 11.2. The number of aliphatic hydroxyl groups excluding tert-OH is 1. The van der Waals surface area contributed by atoms with Gasteiger partial charge in [-0.1, -0.05) is 6.92 Å². The van der Waals surface area contributed by atoms with Gasteiger partial charge in [0.15, 0.2) is 0 Å². The van der Waals surface area contributed by atoms with Crippen LogP contribution < -0.4 is 35.8 Å². The van der Waals surface area contributed by atoms with Gasteiger partial charge in [0.25, 0.3) is 11.8 Å². The van der Waals surface area contributed by atoms with Crippen LogP contribution in [0.25, 0.3) is 11.0 Å². The zero-order valence-corrected chi connectivity index (χ0v) is 43.4. The van der Waals surface area contributed by atoms with Crippen molar-refractivity contribution in [2.75, 3.05) is 93.7 Å². The van der Waals surface area contributed by atoms with Crippen LogP contribution in [0.3, 0.4) is 0 Å². The molecule has 4 N–H and O–H groups in total. The smallest absolute Gasteiger partial charge is 0.262 e. The Kier molecular flexibility index (Phi) is 13.8. The monoisotopic (exact) mass is 1050 g/mol. The number of methoxy groups -OCH3 is 1. The molecule has 0 radical (unpaired) electrons. The maximum atomic E-state index is 13.6. The summed E-state index contributed by atoms with van der Waals surface area (Å²) in [6.45, 7) is 12.9. The Hall–Kier alpha value is -5.72. The Morgan fingerprint density at radius 1 is 0.901 bits per heavy atom. The summed E-state index contributed by atoms with van der Waals surface area (Å²) in [5.74, 6) is 1.07. The van der Waals surface area contributed by atoms with Crippen molar-refractivity contribution < 1.29 is 28.8 Å². The number of piperidine rings is 2. The van der Waals surface area contributed by atoms with Gasteiger partial charge in [0.2, 0.25) is 11.9 Å².